The van der Waals surface area contributed by atoms with Crippen LogP contribution in [0.1, 0.15) is 22.5 Å². The van der Waals surface area contributed by atoms with E-state index in [1.807, 2.05) is 60.7 Å². The van der Waals surface area contributed by atoms with E-state index in [0.29, 0.717) is 0 Å². The van der Waals surface area contributed by atoms with Crippen molar-refractivity contribution in [2.24, 2.45) is 0 Å². The summed E-state index contributed by atoms with van der Waals surface area (Å²) in [6.45, 7) is 0. The van der Waals surface area contributed by atoms with E-state index in [9.17, 15) is 0 Å². The second-order valence-electron chi connectivity index (χ2n) is 8.06. The van der Waals surface area contributed by atoms with E-state index in [0.717, 1.165) is 55.1 Å². The lowest BCUT2D eigenvalue weighted by Gasteiger charge is -2.00. The van der Waals surface area contributed by atoms with Gasteiger partial charge < -0.3 is 0 Å². The van der Waals surface area contributed by atoms with Crippen LogP contribution in [0.3, 0.4) is 0 Å². The molecule has 2 aromatic heterocycles. The molecular formula is C32H18N2. The normalized spacial score (nSPS) is 10.5. The highest BCUT2D eigenvalue weighted by Crippen LogP contribution is 2.18. The van der Waals surface area contributed by atoms with Crippen molar-refractivity contribution in [2.45, 2.75) is 0 Å². The van der Waals surface area contributed by atoms with E-state index in [-0.39, 0.29) is 0 Å². The zero-order chi connectivity index (χ0) is 22.7. The molecule has 6 aromatic rings. The Bertz CT molecular complexity index is 1690. The first-order chi connectivity index (χ1) is 16.8. The first-order valence-electron chi connectivity index (χ1n) is 11.1. The molecule has 0 unspecified atom stereocenters. The number of hydrogen-bond donors (Lipinski definition) is 0. The molecule has 0 bridgehead atoms. The smallest absolute Gasteiger partial charge is 0.114 e. The van der Waals surface area contributed by atoms with Crippen LogP contribution in [0.2, 0.25) is 0 Å². The maximum absolute atomic E-state index is 4.63. The first kappa shape index (κ1) is 19.7. The molecule has 156 valence electrons. The van der Waals surface area contributed by atoms with Crippen molar-refractivity contribution >= 4 is 32.6 Å². The highest BCUT2D eigenvalue weighted by Gasteiger charge is 1.99. The van der Waals surface area contributed by atoms with Gasteiger partial charge in [0.15, 0.2) is 0 Å². The van der Waals surface area contributed by atoms with E-state index in [1.165, 1.54) is 0 Å². The number of nitrogens with zero attached hydrogens (tertiary/aromatic N) is 2. The Morgan fingerprint density at radius 3 is 1.32 bits per heavy atom. The first-order valence-corrected chi connectivity index (χ1v) is 11.1. The summed E-state index contributed by atoms with van der Waals surface area (Å²) in [6.07, 6.45) is 0. The SMILES string of the molecule is C(#Cc1ccc2ccccc2n1)c1ccc2cc(C#Cc3ccc4ccccc4n3)ccc2c1. The molecule has 2 nitrogen and oxygen atoms in total. The number of fused-ring (bicyclic) bond motifs is 3. The number of aromatic nitrogens is 2. The monoisotopic (exact) mass is 430 g/mol. The number of hydrogen-bond acceptors (Lipinski definition) is 2. The third-order valence-corrected chi connectivity index (χ3v) is 5.71. The largest absolute Gasteiger partial charge is 0.239 e. The van der Waals surface area contributed by atoms with Gasteiger partial charge in [0.05, 0.1) is 11.0 Å². The minimum atomic E-state index is 0.770. The van der Waals surface area contributed by atoms with Crippen LogP contribution in [-0.4, -0.2) is 9.97 Å². The third-order valence-electron chi connectivity index (χ3n) is 5.71. The van der Waals surface area contributed by atoms with E-state index in [4.69, 9.17) is 0 Å². The van der Waals surface area contributed by atoms with E-state index >= 15 is 0 Å². The van der Waals surface area contributed by atoms with Crippen LogP contribution in [0.25, 0.3) is 32.6 Å². The van der Waals surface area contributed by atoms with Gasteiger partial charge in [0.2, 0.25) is 0 Å². The second-order valence-corrected chi connectivity index (χ2v) is 8.06. The van der Waals surface area contributed by atoms with Crippen molar-refractivity contribution in [3.8, 4) is 23.7 Å². The van der Waals surface area contributed by atoms with E-state index in [2.05, 4.69) is 82.2 Å². The average molecular weight is 431 g/mol. The molecule has 0 amide bonds. The van der Waals surface area contributed by atoms with Crippen LogP contribution in [0.4, 0.5) is 0 Å². The zero-order valence-electron chi connectivity index (χ0n) is 18.3. The van der Waals surface area contributed by atoms with Gasteiger partial charge in [-0.05, 0) is 71.1 Å². The van der Waals surface area contributed by atoms with Gasteiger partial charge in [0.25, 0.3) is 0 Å². The molecule has 0 saturated carbocycles. The molecule has 0 aliphatic heterocycles. The molecule has 4 aromatic carbocycles. The summed E-state index contributed by atoms with van der Waals surface area (Å²) in [4.78, 5) is 9.26. The summed E-state index contributed by atoms with van der Waals surface area (Å²) in [5.41, 5.74) is 5.38. The summed E-state index contributed by atoms with van der Waals surface area (Å²) in [5, 5.41) is 4.50. The number of rotatable bonds is 0. The molecule has 0 atom stereocenters. The van der Waals surface area contributed by atoms with Crippen molar-refractivity contribution in [2.75, 3.05) is 0 Å². The van der Waals surface area contributed by atoms with Crippen molar-refractivity contribution in [1.82, 2.24) is 9.97 Å². The van der Waals surface area contributed by atoms with Gasteiger partial charge in [-0.25, -0.2) is 9.97 Å². The second kappa shape index (κ2) is 8.55. The molecule has 0 aliphatic carbocycles. The molecule has 0 N–H and O–H groups in total. The predicted molar refractivity (Wildman–Crippen MR) is 139 cm³/mol. The lowest BCUT2D eigenvalue weighted by atomic mass is 10.0. The standard InChI is InChI=1S/C32H18N2/c1-3-7-31-25(5-1)15-19-29(33-31)17-11-23-9-13-28-22-24(10-14-27(28)21-23)12-18-30-20-16-26-6-2-4-8-32(26)34-30/h1-10,13-16,19-22H. The zero-order valence-corrected chi connectivity index (χ0v) is 18.3. The van der Waals surface area contributed by atoms with Crippen LogP contribution in [0.5, 0.6) is 0 Å². The number of pyridine rings is 2. The van der Waals surface area contributed by atoms with Crippen LogP contribution in [-0.2, 0) is 0 Å². The predicted octanol–water partition coefficient (Wildman–Crippen LogP) is 6.74. The lowest BCUT2D eigenvalue weighted by Crippen LogP contribution is -1.85. The van der Waals surface area contributed by atoms with Gasteiger partial charge >= 0.3 is 0 Å². The van der Waals surface area contributed by atoms with Crippen molar-refractivity contribution in [1.29, 1.82) is 0 Å². The third kappa shape index (κ3) is 4.09. The Morgan fingerprint density at radius 1 is 0.382 bits per heavy atom. The fraction of sp³-hybridized carbons (Fsp3) is 0. The summed E-state index contributed by atoms with van der Waals surface area (Å²) < 4.78 is 0. The van der Waals surface area contributed by atoms with Crippen LogP contribution >= 0.6 is 0 Å². The van der Waals surface area contributed by atoms with Gasteiger partial charge in [0.1, 0.15) is 11.4 Å². The highest BCUT2D eigenvalue weighted by atomic mass is 14.7. The van der Waals surface area contributed by atoms with Gasteiger partial charge in [-0.15, -0.1) is 0 Å². The molecule has 0 saturated heterocycles. The summed E-state index contributed by atoms with van der Waals surface area (Å²) in [5.74, 6) is 12.9. The fourth-order valence-corrected chi connectivity index (χ4v) is 3.94. The minimum absolute atomic E-state index is 0.770. The Labute approximate surface area is 197 Å². The summed E-state index contributed by atoms with van der Waals surface area (Å²) in [7, 11) is 0. The Hall–Kier alpha value is -4.92. The average Bonchev–Trinajstić information content (AvgIpc) is 2.90. The summed E-state index contributed by atoms with van der Waals surface area (Å²) >= 11 is 0. The molecule has 2 heterocycles. The van der Waals surface area contributed by atoms with Crippen molar-refractivity contribution < 1.29 is 0 Å². The lowest BCUT2D eigenvalue weighted by molar-refractivity contribution is 1.36. The molecule has 0 fully saturated rings. The van der Waals surface area contributed by atoms with E-state index < -0.39 is 0 Å². The molecule has 6 rings (SSSR count). The summed E-state index contributed by atoms with van der Waals surface area (Å²) in [6, 6.07) is 36.7. The molecule has 0 radical (unpaired) electrons. The number of para-hydroxylation sites is 2. The maximum Gasteiger partial charge on any atom is 0.114 e. The van der Waals surface area contributed by atoms with Gasteiger partial charge in [0, 0.05) is 21.9 Å². The van der Waals surface area contributed by atoms with Gasteiger partial charge in [-0.2, -0.15) is 0 Å². The molecule has 0 aliphatic rings. The topological polar surface area (TPSA) is 25.8 Å². The maximum atomic E-state index is 4.63. The Morgan fingerprint density at radius 2 is 0.824 bits per heavy atom. The van der Waals surface area contributed by atoms with Crippen LogP contribution in [0.15, 0.2) is 109 Å². The minimum Gasteiger partial charge on any atom is -0.239 e. The van der Waals surface area contributed by atoms with Crippen LogP contribution < -0.4 is 0 Å². The number of benzene rings is 4. The van der Waals surface area contributed by atoms with Gasteiger partial charge in [-0.1, -0.05) is 72.5 Å². The molecular weight excluding hydrogens is 412 g/mol. The Kier molecular flexibility index (Phi) is 4.96. The molecule has 2 heteroatoms. The van der Waals surface area contributed by atoms with Crippen molar-refractivity contribution in [3.63, 3.8) is 0 Å². The van der Waals surface area contributed by atoms with Gasteiger partial charge in [-0.3, -0.25) is 0 Å². The Balaban J connectivity index is 1.26. The highest BCUT2D eigenvalue weighted by molar-refractivity contribution is 5.85. The quantitative estimate of drug-likeness (QED) is 0.250. The molecule has 0 spiro atoms. The molecule has 34 heavy (non-hydrogen) atoms. The van der Waals surface area contributed by atoms with Crippen molar-refractivity contribution in [3.05, 3.63) is 132 Å². The van der Waals surface area contributed by atoms with Crippen LogP contribution in [0, 0.1) is 23.7 Å². The fourth-order valence-electron chi connectivity index (χ4n) is 3.94. The van der Waals surface area contributed by atoms with E-state index in [1.54, 1.807) is 0 Å².